The molecule has 0 aliphatic heterocycles. The summed E-state index contributed by atoms with van der Waals surface area (Å²) in [6, 6.07) is 0. The van der Waals surface area contributed by atoms with Gasteiger partial charge in [-0.3, -0.25) is 4.79 Å². The average molecular weight is 188 g/mol. The average Bonchev–Trinajstić information content (AvgIpc) is 1.82. The molecule has 0 amide bonds. The first kappa shape index (κ1) is 11.6. The van der Waals surface area contributed by atoms with E-state index in [9.17, 15) is 4.79 Å². The van der Waals surface area contributed by atoms with Gasteiger partial charge >= 0.3 is 0 Å². The van der Waals surface area contributed by atoms with Gasteiger partial charge in [0.25, 0.3) is 0 Å². The van der Waals surface area contributed by atoms with Crippen molar-refractivity contribution in [3.63, 3.8) is 0 Å². The highest BCUT2D eigenvalue weighted by Gasteiger charge is 2.15. The smallest absolute Gasteiger partial charge is 0.215 e. The summed E-state index contributed by atoms with van der Waals surface area (Å²) in [4.78, 5) is 11.2. The van der Waals surface area contributed by atoms with Gasteiger partial charge in [-0.2, -0.15) is 0 Å². The van der Waals surface area contributed by atoms with E-state index in [1.807, 2.05) is 20.8 Å². The van der Waals surface area contributed by atoms with E-state index < -0.39 is 0 Å². The molecule has 3 heteroatoms. The van der Waals surface area contributed by atoms with Gasteiger partial charge in [-0.25, -0.2) is 0 Å². The van der Waals surface area contributed by atoms with Crippen molar-refractivity contribution in [3.8, 4) is 0 Å². The monoisotopic (exact) mass is 188 g/mol. The highest BCUT2D eigenvalue weighted by Crippen LogP contribution is 2.24. The van der Waals surface area contributed by atoms with E-state index in [0.717, 1.165) is 0 Å². The number of rotatable bonds is 2. The summed E-state index contributed by atoms with van der Waals surface area (Å²) in [5.41, 5.74) is 0. The summed E-state index contributed by atoms with van der Waals surface area (Å²) < 4.78 is -0.0817. The minimum Gasteiger partial charge on any atom is -0.512 e. The molecule has 12 heavy (non-hydrogen) atoms. The number of hydrogen-bond donors (Lipinski definition) is 1. The molecule has 0 atom stereocenters. The first-order chi connectivity index (χ1) is 5.35. The normalized spacial score (nSPS) is 13.2. The van der Waals surface area contributed by atoms with Crippen LogP contribution in [0.4, 0.5) is 0 Å². The van der Waals surface area contributed by atoms with Crippen LogP contribution in [0.2, 0.25) is 0 Å². The van der Waals surface area contributed by atoms with Crippen LogP contribution in [0.5, 0.6) is 0 Å². The van der Waals surface area contributed by atoms with Crippen LogP contribution in [-0.2, 0) is 4.79 Å². The Morgan fingerprint density at radius 2 is 2.00 bits per heavy atom. The van der Waals surface area contributed by atoms with Crippen LogP contribution in [0.3, 0.4) is 0 Å². The van der Waals surface area contributed by atoms with Gasteiger partial charge < -0.3 is 5.11 Å². The Kier molecular flexibility index (Phi) is 4.39. The second-order valence-corrected chi connectivity index (χ2v) is 5.35. The van der Waals surface area contributed by atoms with Crippen LogP contribution >= 0.6 is 11.8 Å². The van der Waals surface area contributed by atoms with E-state index in [1.54, 1.807) is 6.92 Å². The van der Waals surface area contributed by atoms with E-state index in [-0.39, 0.29) is 15.6 Å². The maximum absolute atomic E-state index is 11.2. The highest BCUT2D eigenvalue weighted by atomic mass is 32.2. The Morgan fingerprint density at radius 3 is 2.33 bits per heavy atom. The molecule has 0 aliphatic carbocycles. The lowest BCUT2D eigenvalue weighted by molar-refractivity contribution is -0.107. The molecule has 0 aromatic carbocycles. The molecule has 0 rings (SSSR count). The summed E-state index contributed by atoms with van der Waals surface area (Å²) in [5.74, 6) is 0.150. The highest BCUT2D eigenvalue weighted by molar-refractivity contribution is 8.15. The number of aliphatic hydroxyl groups excluding tert-OH is 1. The van der Waals surface area contributed by atoms with Gasteiger partial charge in [0.2, 0.25) is 5.12 Å². The zero-order valence-electron chi connectivity index (χ0n) is 8.05. The maximum Gasteiger partial charge on any atom is 0.215 e. The fourth-order valence-corrected chi connectivity index (χ4v) is 1.37. The topological polar surface area (TPSA) is 37.3 Å². The Hall–Kier alpha value is -0.440. The molecule has 0 spiro atoms. The lowest BCUT2D eigenvalue weighted by Gasteiger charge is -2.14. The first-order valence-electron chi connectivity index (χ1n) is 3.97. The van der Waals surface area contributed by atoms with Crippen molar-refractivity contribution in [2.75, 3.05) is 0 Å². The molecule has 0 aromatic rings. The van der Waals surface area contributed by atoms with Gasteiger partial charge in [0.1, 0.15) is 0 Å². The Labute approximate surface area is 78.0 Å². The second-order valence-electron chi connectivity index (χ2n) is 3.52. The fraction of sp³-hybridized carbons (Fsp3) is 0.667. The van der Waals surface area contributed by atoms with Crippen LogP contribution in [0, 0.1) is 0 Å². The summed E-state index contributed by atoms with van der Waals surface area (Å²) in [6.07, 6.45) is 1.80. The standard InChI is InChI=1S/C9H16O2S/c1-5-7(10)6-8(11)12-9(2,3)4/h6,10H,5H2,1-4H3. The number of hydrogen-bond acceptors (Lipinski definition) is 3. The minimum atomic E-state index is -0.0817. The van der Waals surface area contributed by atoms with Gasteiger partial charge in [-0.15, -0.1) is 0 Å². The third kappa shape index (κ3) is 6.28. The Bertz CT molecular complexity index is 189. The molecule has 0 aromatic heterocycles. The molecule has 0 unspecified atom stereocenters. The Morgan fingerprint density at radius 1 is 1.50 bits per heavy atom. The summed E-state index contributed by atoms with van der Waals surface area (Å²) in [7, 11) is 0. The predicted octanol–water partition coefficient (Wildman–Crippen LogP) is 2.90. The summed E-state index contributed by atoms with van der Waals surface area (Å²) in [5, 5.41) is 8.97. The largest absolute Gasteiger partial charge is 0.512 e. The second kappa shape index (κ2) is 4.55. The summed E-state index contributed by atoms with van der Waals surface area (Å²) in [6.45, 7) is 7.70. The maximum atomic E-state index is 11.2. The van der Waals surface area contributed by atoms with Gasteiger partial charge in [-0.1, -0.05) is 39.5 Å². The van der Waals surface area contributed by atoms with Crippen LogP contribution in [0.15, 0.2) is 11.8 Å². The Balaban J connectivity index is 4.08. The predicted molar refractivity (Wildman–Crippen MR) is 53.4 cm³/mol. The van der Waals surface area contributed by atoms with Gasteiger partial charge in [0.05, 0.1) is 5.76 Å². The lowest BCUT2D eigenvalue weighted by atomic mass is 10.3. The van der Waals surface area contributed by atoms with Crippen molar-refractivity contribution in [2.45, 2.75) is 38.9 Å². The van der Waals surface area contributed by atoms with E-state index in [0.29, 0.717) is 6.42 Å². The zero-order chi connectivity index (χ0) is 9.78. The van der Waals surface area contributed by atoms with E-state index >= 15 is 0 Å². The third-order valence-electron chi connectivity index (χ3n) is 1.05. The minimum absolute atomic E-state index is 0.0816. The van der Waals surface area contributed by atoms with E-state index in [4.69, 9.17) is 5.11 Å². The number of carbonyl (C=O) groups is 1. The van der Waals surface area contributed by atoms with Crippen LogP contribution in [0.1, 0.15) is 34.1 Å². The van der Waals surface area contributed by atoms with Crippen LogP contribution in [-0.4, -0.2) is 15.0 Å². The van der Waals surface area contributed by atoms with Crippen molar-refractivity contribution >= 4 is 16.9 Å². The molecule has 0 fully saturated rings. The zero-order valence-corrected chi connectivity index (χ0v) is 8.86. The van der Waals surface area contributed by atoms with Gasteiger partial charge in [0, 0.05) is 17.2 Å². The molecular formula is C9H16O2S. The molecule has 70 valence electrons. The summed E-state index contributed by atoms with van der Waals surface area (Å²) >= 11 is 1.23. The number of thioether (sulfide) groups is 1. The molecule has 0 saturated carbocycles. The molecule has 1 N–H and O–H groups in total. The molecule has 0 radical (unpaired) electrons. The SMILES string of the molecule is CCC(O)=CC(=O)SC(C)(C)C. The first-order valence-corrected chi connectivity index (χ1v) is 4.79. The molecule has 0 heterocycles. The van der Waals surface area contributed by atoms with Crippen molar-refractivity contribution in [1.29, 1.82) is 0 Å². The van der Waals surface area contributed by atoms with Crippen molar-refractivity contribution < 1.29 is 9.90 Å². The van der Waals surface area contributed by atoms with E-state index in [1.165, 1.54) is 17.8 Å². The molecule has 0 bridgehead atoms. The molecular weight excluding hydrogens is 172 g/mol. The van der Waals surface area contributed by atoms with E-state index in [2.05, 4.69) is 0 Å². The lowest BCUT2D eigenvalue weighted by Crippen LogP contribution is -2.10. The van der Waals surface area contributed by atoms with Crippen molar-refractivity contribution in [3.05, 3.63) is 11.8 Å². The van der Waals surface area contributed by atoms with Gasteiger partial charge in [-0.05, 0) is 0 Å². The number of carbonyl (C=O) groups excluding carboxylic acids is 1. The third-order valence-corrected chi connectivity index (χ3v) is 1.98. The molecule has 0 aliphatic rings. The van der Waals surface area contributed by atoms with Crippen LogP contribution in [0.25, 0.3) is 0 Å². The number of allylic oxidation sites excluding steroid dienone is 1. The quantitative estimate of drug-likeness (QED) is 0.535. The van der Waals surface area contributed by atoms with Crippen molar-refractivity contribution in [1.82, 2.24) is 0 Å². The number of aliphatic hydroxyl groups is 1. The van der Waals surface area contributed by atoms with Gasteiger partial charge in [0.15, 0.2) is 0 Å². The molecule has 2 nitrogen and oxygen atoms in total. The van der Waals surface area contributed by atoms with Crippen molar-refractivity contribution in [2.24, 2.45) is 0 Å². The van der Waals surface area contributed by atoms with Crippen LogP contribution < -0.4 is 0 Å². The fourth-order valence-electron chi connectivity index (χ4n) is 0.569. The molecule has 0 saturated heterocycles.